The van der Waals surface area contributed by atoms with Crippen molar-refractivity contribution < 1.29 is 9.13 Å². The van der Waals surface area contributed by atoms with Crippen LogP contribution in [0.3, 0.4) is 0 Å². The Kier molecular flexibility index (Phi) is 5.36. The summed E-state index contributed by atoms with van der Waals surface area (Å²) in [6, 6.07) is 7.21. The van der Waals surface area contributed by atoms with Crippen LogP contribution in [0, 0.1) is 26.6 Å². The van der Waals surface area contributed by atoms with E-state index in [4.69, 9.17) is 4.74 Å². The standard InChI is InChI=1S/C27H36FN3O/c1-18-19(2)25-23(26(27(4,5)32-25)31-12-6-7-13-31)20(3)24(18)30-16-14-29(15-17-30)22-10-8-21(28)9-11-22/h8-11,26H,6-7,12-17H2,1-5H3. The monoisotopic (exact) mass is 437 g/mol. The number of anilines is 2. The highest BCUT2D eigenvalue weighted by Crippen LogP contribution is 2.53. The van der Waals surface area contributed by atoms with Crippen molar-refractivity contribution in [2.45, 2.75) is 59.1 Å². The predicted octanol–water partition coefficient (Wildman–Crippen LogP) is 5.39. The molecule has 2 saturated heterocycles. The molecule has 0 bridgehead atoms. The second-order valence-electron chi connectivity index (χ2n) is 10.3. The predicted molar refractivity (Wildman–Crippen MR) is 130 cm³/mol. The molecule has 0 N–H and O–H groups in total. The molecular formula is C27H36FN3O. The Labute approximate surface area is 192 Å². The van der Waals surface area contributed by atoms with Crippen molar-refractivity contribution in [3.8, 4) is 5.75 Å². The number of benzene rings is 2. The van der Waals surface area contributed by atoms with Crippen molar-refractivity contribution >= 4 is 11.4 Å². The summed E-state index contributed by atoms with van der Waals surface area (Å²) in [7, 11) is 0. The van der Waals surface area contributed by atoms with E-state index in [0.29, 0.717) is 6.04 Å². The summed E-state index contributed by atoms with van der Waals surface area (Å²) in [5.41, 5.74) is 7.72. The van der Waals surface area contributed by atoms with Crippen LogP contribution in [0.25, 0.3) is 0 Å². The first kappa shape index (κ1) is 21.6. The van der Waals surface area contributed by atoms with Gasteiger partial charge in [-0.25, -0.2) is 4.39 Å². The maximum absolute atomic E-state index is 13.3. The van der Waals surface area contributed by atoms with Crippen LogP contribution in [0.15, 0.2) is 24.3 Å². The summed E-state index contributed by atoms with van der Waals surface area (Å²) in [5, 5.41) is 0. The fraction of sp³-hybridized carbons (Fsp3) is 0.556. The molecule has 2 fully saturated rings. The topological polar surface area (TPSA) is 19.0 Å². The van der Waals surface area contributed by atoms with E-state index >= 15 is 0 Å². The van der Waals surface area contributed by atoms with Crippen LogP contribution in [-0.4, -0.2) is 49.8 Å². The number of ether oxygens (including phenoxy) is 1. The third kappa shape index (κ3) is 3.45. The molecule has 32 heavy (non-hydrogen) atoms. The van der Waals surface area contributed by atoms with Gasteiger partial charge >= 0.3 is 0 Å². The number of rotatable bonds is 3. The zero-order chi connectivity index (χ0) is 22.6. The molecule has 5 rings (SSSR count). The lowest BCUT2D eigenvalue weighted by Crippen LogP contribution is -2.47. The van der Waals surface area contributed by atoms with Gasteiger partial charge in [-0.3, -0.25) is 4.90 Å². The second-order valence-corrected chi connectivity index (χ2v) is 10.3. The lowest BCUT2D eigenvalue weighted by Gasteiger charge is -2.40. The average Bonchev–Trinajstić information content (AvgIpc) is 3.38. The van der Waals surface area contributed by atoms with Gasteiger partial charge in [-0.1, -0.05) is 0 Å². The number of nitrogens with zero attached hydrogens (tertiary/aromatic N) is 3. The third-order valence-electron chi connectivity index (χ3n) is 7.85. The Bertz CT molecular complexity index is 1000. The first-order valence-corrected chi connectivity index (χ1v) is 12.1. The van der Waals surface area contributed by atoms with Crippen LogP contribution in [-0.2, 0) is 0 Å². The van der Waals surface area contributed by atoms with E-state index in [1.54, 1.807) is 12.1 Å². The Morgan fingerprint density at radius 3 is 2.03 bits per heavy atom. The highest BCUT2D eigenvalue weighted by atomic mass is 19.1. The van der Waals surface area contributed by atoms with E-state index in [1.165, 1.54) is 40.8 Å². The lowest BCUT2D eigenvalue weighted by atomic mass is 9.87. The lowest BCUT2D eigenvalue weighted by molar-refractivity contribution is 0.0396. The Morgan fingerprint density at radius 2 is 1.41 bits per heavy atom. The maximum atomic E-state index is 13.3. The van der Waals surface area contributed by atoms with Crippen molar-refractivity contribution in [3.63, 3.8) is 0 Å². The van der Waals surface area contributed by atoms with Gasteiger partial charge in [0.15, 0.2) is 0 Å². The molecule has 0 spiro atoms. The van der Waals surface area contributed by atoms with E-state index in [-0.39, 0.29) is 11.4 Å². The molecule has 0 radical (unpaired) electrons. The van der Waals surface area contributed by atoms with Crippen LogP contribution >= 0.6 is 0 Å². The minimum Gasteiger partial charge on any atom is -0.485 e. The van der Waals surface area contributed by atoms with Crippen molar-refractivity contribution in [1.82, 2.24) is 4.90 Å². The quantitative estimate of drug-likeness (QED) is 0.641. The molecule has 3 aliphatic heterocycles. The highest BCUT2D eigenvalue weighted by molar-refractivity contribution is 5.71. The number of hydrogen-bond donors (Lipinski definition) is 0. The van der Waals surface area contributed by atoms with Gasteiger partial charge in [-0.2, -0.15) is 0 Å². The number of piperazine rings is 1. The Balaban J connectivity index is 1.47. The highest BCUT2D eigenvalue weighted by Gasteiger charge is 2.47. The molecule has 3 heterocycles. The largest absolute Gasteiger partial charge is 0.485 e. The molecule has 0 amide bonds. The Hall–Kier alpha value is -2.27. The number of halogens is 1. The maximum Gasteiger partial charge on any atom is 0.128 e. The van der Waals surface area contributed by atoms with Crippen molar-refractivity contribution in [3.05, 3.63) is 52.3 Å². The molecule has 1 atom stereocenters. The van der Waals surface area contributed by atoms with Crippen molar-refractivity contribution in [1.29, 1.82) is 0 Å². The van der Waals surface area contributed by atoms with E-state index in [9.17, 15) is 4.39 Å². The minimum atomic E-state index is -0.214. The van der Waals surface area contributed by atoms with E-state index in [1.807, 2.05) is 12.1 Å². The smallest absolute Gasteiger partial charge is 0.128 e. The minimum absolute atomic E-state index is 0.176. The normalized spacial score (nSPS) is 22.9. The van der Waals surface area contributed by atoms with Gasteiger partial charge in [0.05, 0.1) is 6.04 Å². The molecule has 2 aromatic rings. The van der Waals surface area contributed by atoms with Crippen molar-refractivity contribution in [2.75, 3.05) is 49.1 Å². The molecule has 1 unspecified atom stereocenters. The molecular weight excluding hydrogens is 401 g/mol. The molecule has 0 aliphatic carbocycles. The first-order valence-electron chi connectivity index (χ1n) is 12.1. The van der Waals surface area contributed by atoms with Gasteiger partial charge in [-0.05, 0) is 102 Å². The summed E-state index contributed by atoms with van der Waals surface area (Å²) in [6.07, 6.45) is 2.56. The van der Waals surface area contributed by atoms with Gasteiger partial charge in [0.25, 0.3) is 0 Å². The van der Waals surface area contributed by atoms with E-state index in [0.717, 1.165) is 50.7 Å². The van der Waals surface area contributed by atoms with Gasteiger partial charge in [0.2, 0.25) is 0 Å². The molecule has 2 aromatic carbocycles. The van der Waals surface area contributed by atoms with Gasteiger partial charge in [0.1, 0.15) is 17.2 Å². The van der Waals surface area contributed by atoms with Gasteiger partial charge in [-0.15, -0.1) is 0 Å². The van der Waals surface area contributed by atoms with E-state index in [2.05, 4.69) is 49.3 Å². The molecule has 0 saturated carbocycles. The van der Waals surface area contributed by atoms with Crippen LogP contribution in [0.4, 0.5) is 15.8 Å². The Morgan fingerprint density at radius 1 is 0.812 bits per heavy atom. The summed E-state index contributed by atoms with van der Waals surface area (Å²) in [5.74, 6) is 0.945. The van der Waals surface area contributed by atoms with Crippen LogP contribution in [0.2, 0.25) is 0 Å². The molecule has 4 nitrogen and oxygen atoms in total. The molecule has 0 aromatic heterocycles. The van der Waals surface area contributed by atoms with Crippen molar-refractivity contribution in [2.24, 2.45) is 0 Å². The first-order chi connectivity index (χ1) is 15.3. The average molecular weight is 438 g/mol. The zero-order valence-electron chi connectivity index (χ0n) is 20.2. The van der Waals surface area contributed by atoms with Crippen LogP contribution in [0.5, 0.6) is 5.75 Å². The summed E-state index contributed by atoms with van der Waals surface area (Å²) in [4.78, 5) is 7.56. The fourth-order valence-electron chi connectivity index (χ4n) is 6.19. The SMILES string of the molecule is Cc1c(C)c(N2CCN(c3ccc(F)cc3)CC2)c(C)c2c1OC(C)(C)C2N1CCCC1. The van der Waals surface area contributed by atoms with Gasteiger partial charge < -0.3 is 14.5 Å². The molecule has 172 valence electrons. The fourth-order valence-corrected chi connectivity index (χ4v) is 6.19. The number of hydrogen-bond acceptors (Lipinski definition) is 4. The number of likely N-dealkylation sites (tertiary alicyclic amines) is 1. The molecule has 3 aliphatic rings. The number of fused-ring (bicyclic) bond motifs is 1. The summed E-state index contributed by atoms with van der Waals surface area (Å²) >= 11 is 0. The van der Waals surface area contributed by atoms with Crippen LogP contribution < -0.4 is 14.5 Å². The van der Waals surface area contributed by atoms with Crippen LogP contribution in [0.1, 0.15) is 55.0 Å². The zero-order valence-corrected chi connectivity index (χ0v) is 20.2. The molecule has 5 heteroatoms. The van der Waals surface area contributed by atoms with E-state index < -0.39 is 0 Å². The summed E-state index contributed by atoms with van der Waals surface area (Å²) < 4.78 is 20.0. The third-order valence-corrected chi connectivity index (χ3v) is 7.85. The second kappa shape index (κ2) is 7.95. The summed E-state index contributed by atoms with van der Waals surface area (Å²) in [6.45, 7) is 17.4. The van der Waals surface area contributed by atoms with Gasteiger partial charge in [0, 0.05) is 43.1 Å².